The third-order valence-corrected chi connectivity index (χ3v) is 4.14. The summed E-state index contributed by atoms with van der Waals surface area (Å²) in [7, 11) is 0. The highest BCUT2D eigenvalue weighted by molar-refractivity contribution is 5.42. The number of rotatable bonds is 3. The van der Waals surface area contributed by atoms with Crippen LogP contribution in [0.3, 0.4) is 0 Å². The molecule has 1 saturated carbocycles. The van der Waals surface area contributed by atoms with Crippen LogP contribution in [0.25, 0.3) is 0 Å². The minimum Gasteiger partial charge on any atom is -0.457 e. The standard InChI is InChI=1S/C18H21NO/c19-18(13-7-2-8-14-18)16-11-5-6-12-17(16)20-15-9-3-1-4-10-15/h1,3-6,9-12H,2,7-8,13-14,19H2. The molecule has 2 aromatic carbocycles. The molecule has 1 fully saturated rings. The van der Waals surface area contributed by atoms with E-state index in [1.165, 1.54) is 19.3 Å². The van der Waals surface area contributed by atoms with Gasteiger partial charge in [-0.25, -0.2) is 0 Å². The largest absolute Gasteiger partial charge is 0.457 e. The maximum absolute atomic E-state index is 6.65. The number of ether oxygens (including phenoxy) is 1. The summed E-state index contributed by atoms with van der Waals surface area (Å²) in [5.41, 5.74) is 7.56. The minimum atomic E-state index is -0.233. The average molecular weight is 267 g/mol. The monoisotopic (exact) mass is 267 g/mol. The quantitative estimate of drug-likeness (QED) is 0.882. The SMILES string of the molecule is NC1(c2ccccc2Oc2ccccc2)CCCCC1. The molecule has 0 aliphatic heterocycles. The molecular formula is C18H21NO. The summed E-state index contributed by atoms with van der Waals surface area (Å²) in [4.78, 5) is 0. The molecule has 0 amide bonds. The van der Waals surface area contributed by atoms with Gasteiger partial charge in [0.25, 0.3) is 0 Å². The molecule has 0 bridgehead atoms. The van der Waals surface area contributed by atoms with Crippen molar-refractivity contribution in [2.24, 2.45) is 5.73 Å². The van der Waals surface area contributed by atoms with Crippen molar-refractivity contribution < 1.29 is 4.74 Å². The zero-order valence-electron chi connectivity index (χ0n) is 11.7. The molecule has 2 aromatic rings. The first kappa shape index (κ1) is 13.2. The van der Waals surface area contributed by atoms with Crippen LogP contribution in [0.2, 0.25) is 0 Å². The first-order valence-corrected chi connectivity index (χ1v) is 7.39. The highest BCUT2D eigenvalue weighted by atomic mass is 16.5. The fourth-order valence-electron chi connectivity index (χ4n) is 3.03. The van der Waals surface area contributed by atoms with Gasteiger partial charge in [0.1, 0.15) is 11.5 Å². The molecule has 20 heavy (non-hydrogen) atoms. The highest BCUT2D eigenvalue weighted by Crippen LogP contribution is 2.40. The number of para-hydroxylation sites is 2. The Hall–Kier alpha value is -1.80. The van der Waals surface area contributed by atoms with Gasteiger partial charge >= 0.3 is 0 Å². The predicted octanol–water partition coefficient (Wildman–Crippen LogP) is 4.60. The lowest BCUT2D eigenvalue weighted by Crippen LogP contribution is -2.38. The topological polar surface area (TPSA) is 35.2 Å². The van der Waals surface area contributed by atoms with E-state index in [-0.39, 0.29) is 5.54 Å². The summed E-state index contributed by atoms with van der Waals surface area (Å²) in [6.45, 7) is 0. The van der Waals surface area contributed by atoms with E-state index in [0.29, 0.717) is 0 Å². The number of benzene rings is 2. The van der Waals surface area contributed by atoms with Crippen LogP contribution in [0.5, 0.6) is 11.5 Å². The van der Waals surface area contributed by atoms with Crippen molar-refractivity contribution in [3.05, 3.63) is 60.2 Å². The highest BCUT2D eigenvalue weighted by Gasteiger charge is 2.32. The van der Waals surface area contributed by atoms with Crippen LogP contribution in [-0.2, 0) is 5.54 Å². The third kappa shape index (κ3) is 2.70. The molecule has 0 radical (unpaired) electrons. The molecule has 2 nitrogen and oxygen atoms in total. The Labute approximate surface area is 120 Å². The normalized spacial score (nSPS) is 17.6. The second-order valence-electron chi connectivity index (χ2n) is 5.63. The van der Waals surface area contributed by atoms with Gasteiger partial charge in [0.2, 0.25) is 0 Å². The van der Waals surface area contributed by atoms with Crippen LogP contribution in [0.15, 0.2) is 54.6 Å². The van der Waals surface area contributed by atoms with Crippen LogP contribution < -0.4 is 10.5 Å². The summed E-state index contributed by atoms with van der Waals surface area (Å²) < 4.78 is 6.05. The van der Waals surface area contributed by atoms with Gasteiger partial charge in [-0.15, -0.1) is 0 Å². The average Bonchev–Trinajstić information content (AvgIpc) is 2.49. The molecule has 0 heterocycles. The number of hydrogen-bond acceptors (Lipinski definition) is 2. The van der Waals surface area contributed by atoms with E-state index in [0.717, 1.165) is 29.9 Å². The molecule has 0 aromatic heterocycles. The van der Waals surface area contributed by atoms with E-state index in [2.05, 4.69) is 12.1 Å². The van der Waals surface area contributed by atoms with E-state index in [1.807, 2.05) is 42.5 Å². The number of hydrogen-bond donors (Lipinski definition) is 1. The van der Waals surface area contributed by atoms with Gasteiger partial charge in [-0.3, -0.25) is 0 Å². The molecule has 1 aliphatic carbocycles. The summed E-state index contributed by atoms with van der Waals surface area (Å²) in [5, 5.41) is 0. The molecule has 0 spiro atoms. The van der Waals surface area contributed by atoms with Crippen LogP contribution in [0, 0.1) is 0 Å². The van der Waals surface area contributed by atoms with Gasteiger partial charge in [-0.2, -0.15) is 0 Å². The van der Waals surface area contributed by atoms with Crippen molar-refractivity contribution in [3.8, 4) is 11.5 Å². The third-order valence-electron chi connectivity index (χ3n) is 4.14. The smallest absolute Gasteiger partial charge is 0.132 e. The maximum atomic E-state index is 6.65. The molecule has 0 unspecified atom stereocenters. The van der Waals surface area contributed by atoms with Crippen molar-refractivity contribution in [2.75, 3.05) is 0 Å². The van der Waals surface area contributed by atoms with Gasteiger partial charge in [0.05, 0.1) is 0 Å². The Morgan fingerprint density at radius 3 is 2.20 bits per heavy atom. The van der Waals surface area contributed by atoms with E-state index in [4.69, 9.17) is 10.5 Å². The lowest BCUT2D eigenvalue weighted by atomic mass is 9.77. The summed E-state index contributed by atoms with van der Waals surface area (Å²) in [5.74, 6) is 1.75. The second kappa shape index (κ2) is 5.68. The fraction of sp³-hybridized carbons (Fsp3) is 0.333. The zero-order chi connectivity index (χ0) is 13.8. The second-order valence-corrected chi connectivity index (χ2v) is 5.63. The van der Waals surface area contributed by atoms with Crippen molar-refractivity contribution in [2.45, 2.75) is 37.6 Å². The summed E-state index contributed by atoms with van der Waals surface area (Å²) >= 11 is 0. The van der Waals surface area contributed by atoms with E-state index in [1.54, 1.807) is 0 Å². The van der Waals surface area contributed by atoms with Gasteiger partial charge in [-0.05, 0) is 31.0 Å². The van der Waals surface area contributed by atoms with Gasteiger partial charge < -0.3 is 10.5 Å². The predicted molar refractivity (Wildman–Crippen MR) is 81.9 cm³/mol. The molecular weight excluding hydrogens is 246 g/mol. The Morgan fingerprint density at radius 2 is 1.45 bits per heavy atom. The van der Waals surface area contributed by atoms with Crippen LogP contribution in [-0.4, -0.2) is 0 Å². The first-order valence-electron chi connectivity index (χ1n) is 7.39. The van der Waals surface area contributed by atoms with Crippen LogP contribution in [0.1, 0.15) is 37.7 Å². The summed E-state index contributed by atoms with van der Waals surface area (Å²) in [6.07, 6.45) is 5.79. The van der Waals surface area contributed by atoms with E-state index < -0.39 is 0 Å². The van der Waals surface area contributed by atoms with Crippen LogP contribution in [0.4, 0.5) is 0 Å². The van der Waals surface area contributed by atoms with Crippen LogP contribution >= 0.6 is 0 Å². The van der Waals surface area contributed by atoms with Crippen molar-refractivity contribution in [1.29, 1.82) is 0 Å². The molecule has 1 aliphatic rings. The van der Waals surface area contributed by atoms with Gasteiger partial charge in [0.15, 0.2) is 0 Å². The first-order chi connectivity index (χ1) is 9.78. The lowest BCUT2D eigenvalue weighted by molar-refractivity contribution is 0.293. The Balaban J connectivity index is 1.92. The fourth-order valence-corrected chi connectivity index (χ4v) is 3.03. The molecule has 0 saturated heterocycles. The van der Waals surface area contributed by atoms with E-state index in [9.17, 15) is 0 Å². The molecule has 2 N–H and O–H groups in total. The lowest BCUT2D eigenvalue weighted by Gasteiger charge is -2.35. The molecule has 104 valence electrons. The van der Waals surface area contributed by atoms with Crippen molar-refractivity contribution >= 4 is 0 Å². The van der Waals surface area contributed by atoms with Gasteiger partial charge in [0, 0.05) is 11.1 Å². The minimum absolute atomic E-state index is 0.233. The van der Waals surface area contributed by atoms with Gasteiger partial charge in [-0.1, -0.05) is 55.7 Å². The molecule has 3 rings (SSSR count). The van der Waals surface area contributed by atoms with Crippen molar-refractivity contribution in [1.82, 2.24) is 0 Å². The Morgan fingerprint density at radius 1 is 0.800 bits per heavy atom. The maximum Gasteiger partial charge on any atom is 0.132 e. The zero-order valence-corrected chi connectivity index (χ0v) is 11.7. The summed E-state index contributed by atoms with van der Waals surface area (Å²) in [6, 6.07) is 18.1. The molecule has 2 heteroatoms. The molecule has 0 atom stereocenters. The Bertz CT molecular complexity index is 559. The Kier molecular flexibility index (Phi) is 3.75. The van der Waals surface area contributed by atoms with Crippen molar-refractivity contribution in [3.63, 3.8) is 0 Å². The number of nitrogens with two attached hydrogens (primary N) is 1. The van der Waals surface area contributed by atoms with E-state index >= 15 is 0 Å².